The fourth-order valence-electron chi connectivity index (χ4n) is 1.61. The van der Waals surface area contributed by atoms with Gasteiger partial charge < -0.3 is 10.6 Å². The third-order valence-electron chi connectivity index (χ3n) is 2.54. The van der Waals surface area contributed by atoms with E-state index in [2.05, 4.69) is 26.6 Å². The van der Waals surface area contributed by atoms with Gasteiger partial charge in [0.1, 0.15) is 0 Å². The van der Waals surface area contributed by atoms with Crippen molar-refractivity contribution in [1.29, 1.82) is 5.26 Å². The summed E-state index contributed by atoms with van der Waals surface area (Å²) in [6, 6.07) is 15.2. The molecule has 0 aromatic heterocycles. The lowest BCUT2D eigenvalue weighted by Crippen LogP contribution is -2.29. The summed E-state index contributed by atoms with van der Waals surface area (Å²) in [5.41, 5.74) is 1.30. The smallest absolute Gasteiger partial charge is 0.314 e. The van der Waals surface area contributed by atoms with Gasteiger partial charge in [-0.05, 0) is 36.4 Å². The number of nitrogens with one attached hydrogen (secondary N) is 2. The van der Waals surface area contributed by atoms with Crippen LogP contribution in [0.3, 0.4) is 0 Å². The molecule has 0 heterocycles. The Labute approximate surface area is 129 Å². The Morgan fingerprint density at radius 2 is 1.52 bits per heavy atom. The van der Waals surface area contributed by atoms with E-state index in [1.807, 2.05) is 12.1 Å². The predicted octanol–water partition coefficient (Wildman–Crippen LogP) is 2.90. The van der Waals surface area contributed by atoms with Crippen molar-refractivity contribution in [2.24, 2.45) is 0 Å². The lowest BCUT2D eigenvalue weighted by Gasteiger charge is -2.07. The average Bonchev–Trinajstić information content (AvgIpc) is 2.47. The zero-order valence-corrected chi connectivity index (χ0v) is 12.3. The summed E-state index contributed by atoms with van der Waals surface area (Å²) in [6.07, 6.45) is 0. The lowest BCUT2D eigenvalue weighted by atomic mass is 10.2. The first-order valence-corrected chi connectivity index (χ1v) is 6.76. The molecule has 0 saturated heterocycles. The number of anilines is 2. The predicted molar refractivity (Wildman–Crippen MR) is 82.6 cm³/mol. The van der Waals surface area contributed by atoms with Crippen molar-refractivity contribution in [1.82, 2.24) is 0 Å². The number of rotatable bonds is 2. The summed E-state index contributed by atoms with van der Waals surface area (Å²) < 4.78 is 0.794. The molecule has 6 heteroatoms. The largest absolute Gasteiger partial charge is 0.318 e. The third-order valence-corrected chi connectivity index (χ3v) is 3.03. The number of carbonyl (C=O) groups is 2. The van der Waals surface area contributed by atoms with Gasteiger partial charge in [-0.3, -0.25) is 9.59 Å². The van der Waals surface area contributed by atoms with Gasteiger partial charge in [-0.25, -0.2) is 0 Å². The van der Waals surface area contributed by atoms with E-state index in [1.54, 1.807) is 36.4 Å². The Hall–Kier alpha value is -2.65. The molecule has 2 N–H and O–H groups in total. The molecule has 0 spiro atoms. The number of benzene rings is 2. The molecule has 2 rings (SSSR count). The molecule has 2 amide bonds. The molecule has 104 valence electrons. The molecule has 0 saturated carbocycles. The first-order chi connectivity index (χ1) is 10.1. The van der Waals surface area contributed by atoms with E-state index in [1.165, 1.54) is 6.07 Å². The Morgan fingerprint density at radius 3 is 2.10 bits per heavy atom. The molecule has 21 heavy (non-hydrogen) atoms. The molecule has 0 atom stereocenters. The summed E-state index contributed by atoms with van der Waals surface area (Å²) in [5.74, 6) is -1.58. The maximum absolute atomic E-state index is 11.8. The first-order valence-electron chi connectivity index (χ1n) is 5.96. The molecular weight excluding hydrogens is 334 g/mol. The molecule has 5 nitrogen and oxygen atoms in total. The van der Waals surface area contributed by atoms with Gasteiger partial charge in [-0.15, -0.1) is 0 Å². The highest BCUT2D eigenvalue weighted by atomic mass is 79.9. The van der Waals surface area contributed by atoms with Crippen molar-refractivity contribution >= 4 is 39.1 Å². The Kier molecular flexibility index (Phi) is 4.69. The van der Waals surface area contributed by atoms with Crippen LogP contribution in [-0.2, 0) is 9.59 Å². The molecule has 0 unspecified atom stereocenters. The van der Waals surface area contributed by atoms with E-state index in [4.69, 9.17) is 5.26 Å². The van der Waals surface area contributed by atoms with Crippen LogP contribution in [0.15, 0.2) is 53.0 Å². The van der Waals surface area contributed by atoms with Gasteiger partial charge >= 0.3 is 11.8 Å². The number of carbonyl (C=O) groups excluding carboxylic acids is 2. The second kappa shape index (κ2) is 6.68. The minimum atomic E-state index is -0.801. The number of nitriles is 1. The van der Waals surface area contributed by atoms with Crippen LogP contribution < -0.4 is 10.6 Å². The number of hydrogen-bond acceptors (Lipinski definition) is 3. The SMILES string of the molecule is N#Cc1cccc(NC(=O)C(=O)Nc2cccc(Br)c2)c1. The second-order valence-corrected chi connectivity index (χ2v) is 5.03. The molecular formula is C15H10BrN3O2. The highest BCUT2D eigenvalue weighted by molar-refractivity contribution is 9.10. The minimum absolute atomic E-state index is 0.392. The number of nitrogens with zero attached hydrogens (tertiary/aromatic N) is 1. The van der Waals surface area contributed by atoms with Crippen LogP contribution in [0.1, 0.15) is 5.56 Å². The minimum Gasteiger partial charge on any atom is -0.318 e. The first kappa shape index (κ1) is 14.8. The second-order valence-electron chi connectivity index (χ2n) is 4.11. The van der Waals surface area contributed by atoms with Crippen molar-refractivity contribution in [3.63, 3.8) is 0 Å². The van der Waals surface area contributed by atoms with Gasteiger partial charge in [0.15, 0.2) is 0 Å². The Bertz CT molecular complexity index is 738. The standard InChI is InChI=1S/C15H10BrN3O2/c16-11-4-2-6-13(8-11)19-15(21)14(20)18-12-5-1-3-10(7-12)9-17/h1-8H,(H,18,20)(H,19,21). The van der Waals surface area contributed by atoms with E-state index in [0.717, 1.165) is 4.47 Å². The molecule has 2 aromatic rings. The van der Waals surface area contributed by atoms with E-state index >= 15 is 0 Å². The maximum atomic E-state index is 11.8. The summed E-state index contributed by atoms with van der Waals surface area (Å²) in [7, 11) is 0. The monoisotopic (exact) mass is 343 g/mol. The highest BCUT2D eigenvalue weighted by Gasteiger charge is 2.14. The van der Waals surface area contributed by atoms with Crippen LogP contribution in [0.2, 0.25) is 0 Å². The summed E-state index contributed by atoms with van der Waals surface area (Å²) in [4.78, 5) is 23.6. The van der Waals surface area contributed by atoms with Crippen LogP contribution in [0, 0.1) is 11.3 Å². The fraction of sp³-hybridized carbons (Fsp3) is 0. The van der Waals surface area contributed by atoms with E-state index in [-0.39, 0.29) is 0 Å². The molecule has 2 aromatic carbocycles. The Morgan fingerprint density at radius 1 is 0.952 bits per heavy atom. The normalized spacial score (nSPS) is 9.52. The summed E-state index contributed by atoms with van der Waals surface area (Å²) >= 11 is 3.28. The quantitative estimate of drug-likeness (QED) is 0.822. The third kappa shape index (κ3) is 4.16. The van der Waals surface area contributed by atoms with Crippen LogP contribution in [0.4, 0.5) is 11.4 Å². The highest BCUT2D eigenvalue weighted by Crippen LogP contribution is 2.15. The van der Waals surface area contributed by atoms with Crippen LogP contribution in [-0.4, -0.2) is 11.8 Å². The van der Waals surface area contributed by atoms with Crippen molar-refractivity contribution in [3.8, 4) is 6.07 Å². The fourth-order valence-corrected chi connectivity index (χ4v) is 2.01. The van der Waals surface area contributed by atoms with Crippen molar-refractivity contribution < 1.29 is 9.59 Å². The molecule has 0 aliphatic rings. The van der Waals surface area contributed by atoms with E-state index in [9.17, 15) is 9.59 Å². The molecule has 0 aliphatic carbocycles. The van der Waals surface area contributed by atoms with Crippen molar-refractivity contribution in [2.75, 3.05) is 10.6 Å². The molecule has 0 radical (unpaired) electrons. The van der Waals surface area contributed by atoms with Gasteiger partial charge in [0.2, 0.25) is 0 Å². The maximum Gasteiger partial charge on any atom is 0.314 e. The van der Waals surface area contributed by atoms with E-state index < -0.39 is 11.8 Å². The zero-order valence-electron chi connectivity index (χ0n) is 10.8. The molecule has 0 bridgehead atoms. The van der Waals surface area contributed by atoms with Gasteiger partial charge in [0.05, 0.1) is 11.6 Å². The van der Waals surface area contributed by atoms with Crippen LogP contribution >= 0.6 is 15.9 Å². The number of hydrogen-bond donors (Lipinski definition) is 2. The summed E-state index contributed by atoms with van der Waals surface area (Å²) in [5, 5.41) is 13.7. The topological polar surface area (TPSA) is 82.0 Å². The van der Waals surface area contributed by atoms with Crippen LogP contribution in [0.25, 0.3) is 0 Å². The average molecular weight is 344 g/mol. The Balaban J connectivity index is 2.03. The zero-order chi connectivity index (χ0) is 15.2. The number of halogens is 1. The molecule has 0 fully saturated rings. The number of amides is 2. The van der Waals surface area contributed by atoms with Crippen LogP contribution in [0.5, 0.6) is 0 Å². The van der Waals surface area contributed by atoms with Crippen molar-refractivity contribution in [3.05, 3.63) is 58.6 Å². The van der Waals surface area contributed by atoms with Gasteiger partial charge in [0, 0.05) is 15.8 Å². The van der Waals surface area contributed by atoms with Gasteiger partial charge in [-0.2, -0.15) is 5.26 Å². The molecule has 0 aliphatic heterocycles. The summed E-state index contributed by atoms with van der Waals surface area (Å²) in [6.45, 7) is 0. The van der Waals surface area contributed by atoms with Gasteiger partial charge in [-0.1, -0.05) is 28.1 Å². The van der Waals surface area contributed by atoms with Crippen molar-refractivity contribution in [2.45, 2.75) is 0 Å². The lowest BCUT2D eigenvalue weighted by molar-refractivity contribution is -0.132. The van der Waals surface area contributed by atoms with Gasteiger partial charge in [0.25, 0.3) is 0 Å². The van der Waals surface area contributed by atoms with E-state index in [0.29, 0.717) is 16.9 Å².